The van der Waals surface area contributed by atoms with Gasteiger partial charge in [-0.1, -0.05) is 35.9 Å². The van der Waals surface area contributed by atoms with Crippen molar-refractivity contribution in [3.05, 3.63) is 71.0 Å². The summed E-state index contributed by atoms with van der Waals surface area (Å²) in [6.07, 6.45) is 0.933. The Morgan fingerprint density at radius 2 is 1.86 bits per heavy atom. The SMILES string of the molecule is CNC(Cc1ccccc1C)c1cc2cc(C)ccc2o1. The lowest BCUT2D eigenvalue weighted by Gasteiger charge is -2.15. The second-order valence-electron chi connectivity index (χ2n) is 5.66. The number of hydrogen-bond donors (Lipinski definition) is 1. The second-order valence-corrected chi connectivity index (χ2v) is 5.66. The predicted octanol–water partition coefficient (Wildman–Crippen LogP) is 4.55. The molecule has 108 valence electrons. The van der Waals surface area contributed by atoms with Crippen LogP contribution in [0.1, 0.15) is 28.5 Å². The van der Waals surface area contributed by atoms with Gasteiger partial charge in [-0.2, -0.15) is 0 Å². The quantitative estimate of drug-likeness (QED) is 0.757. The zero-order valence-corrected chi connectivity index (χ0v) is 12.8. The zero-order chi connectivity index (χ0) is 14.8. The van der Waals surface area contributed by atoms with Crippen LogP contribution in [0.4, 0.5) is 0 Å². The maximum absolute atomic E-state index is 6.03. The van der Waals surface area contributed by atoms with E-state index in [9.17, 15) is 0 Å². The van der Waals surface area contributed by atoms with Crippen molar-refractivity contribution in [1.29, 1.82) is 0 Å². The molecule has 1 heterocycles. The van der Waals surface area contributed by atoms with Gasteiger partial charge in [0.2, 0.25) is 0 Å². The third-order valence-corrected chi connectivity index (χ3v) is 4.07. The molecule has 1 aromatic heterocycles. The lowest BCUT2D eigenvalue weighted by Crippen LogP contribution is -2.18. The average molecular weight is 279 g/mol. The predicted molar refractivity (Wildman–Crippen MR) is 87.6 cm³/mol. The van der Waals surface area contributed by atoms with E-state index in [4.69, 9.17) is 4.42 Å². The van der Waals surface area contributed by atoms with Gasteiger partial charge >= 0.3 is 0 Å². The Hall–Kier alpha value is -2.06. The molecule has 0 aliphatic rings. The third-order valence-electron chi connectivity index (χ3n) is 4.07. The zero-order valence-electron chi connectivity index (χ0n) is 12.8. The van der Waals surface area contributed by atoms with E-state index < -0.39 is 0 Å². The molecule has 3 aromatic rings. The molecule has 21 heavy (non-hydrogen) atoms. The summed E-state index contributed by atoms with van der Waals surface area (Å²) in [4.78, 5) is 0. The van der Waals surface area contributed by atoms with E-state index in [1.165, 1.54) is 22.1 Å². The van der Waals surface area contributed by atoms with Crippen LogP contribution in [0.3, 0.4) is 0 Å². The fourth-order valence-corrected chi connectivity index (χ4v) is 2.76. The number of rotatable bonds is 4. The van der Waals surface area contributed by atoms with Gasteiger partial charge in [0.05, 0.1) is 6.04 Å². The largest absolute Gasteiger partial charge is 0.459 e. The number of hydrogen-bond acceptors (Lipinski definition) is 2. The average Bonchev–Trinajstić information content (AvgIpc) is 2.89. The van der Waals surface area contributed by atoms with Gasteiger partial charge in [0.1, 0.15) is 11.3 Å². The molecule has 1 atom stereocenters. The number of aryl methyl sites for hydroxylation is 2. The molecule has 2 aromatic carbocycles. The van der Waals surface area contributed by atoms with E-state index in [-0.39, 0.29) is 6.04 Å². The fourth-order valence-electron chi connectivity index (χ4n) is 2.76. The van der Waals surface area contributed by atoms with Crippen molar-refractivity contribution in [2.75, 3.05) is 7.05 Å². The molecule has 2 nitrogen and oxygen atoms in total. The minimum absolute atomic E-state index is 0.193. The molecule has 1 N–H and O–H groups in total. The fraction of sp³-hybridized carbons (Fsp3) is 0.263. The molecule has 0 spiro atoms. The highest BCUT2D eigenvalue weighted by Gasteiger charge is 2.16. The minimum atomic E-state index is 0.193. The van der Waals surface area contributed by atoms with Crippen molar-refractivity contribution in [3.63, 3.8) is 0 Å². The smallest absolute Gasteiger partial charge is 0.134 e. The maximum atomic E-state index is 6.03. The Labute approximate surface area is 125 Å². The first-order valence-corrected chi connectivity index (χ1v) is 7.39. The van der Waals surface area contributed by atoms with Gasteiger partial charge in [-0.3, -0.25) is 0 Å². The molecule has 0 aliphatic carbocycles. The molecule has 1 unspecified atom stereocenters. The van der Waals surface area contributed by atoms with Crippen molar-refractivity contribution >= 4 is 11.0 Å². The monoisotopic (exact) mass is 279 g/mol. The summed E-state index contributed by atoms with van der Waals surface area (Å²) in [5, 5.41) is 4.55. The van der Waals surface area contributed by atoms with Crippen LogP contribution in [0.15, 0.2) is 52.9 Å². The molecule has 0 bridgehead atoms. The molecule has 0 saturated carbocycles. The Kier molecular flexibility index (Phi) is 3.80. The molecule has 0 radical (unpaired) electrons. The number of fused-ring (bicyclic) bond motifs is 1. The van der Waals surface area contributed by atoms with E-state index in [0.717, 1.165) is 17.8 Å². The topological polar surface area (TPSA) is 25.2 Å². The lowest BCUT2D eigenvalue weighted by molar-refractivity contribution is 0.450. The van der Waals surface area contributed by atoms with Crippen molar-refractivity contribution in [2.24, 2.45) is 0 Å². The van der Waals surface area contributed by atoms with Gasteiger partial charge in [-0.15, -0.1) is 0 Å². The van der Waals surface area contributed by atoms with Crippen LogP contribution in [-0.2, 0) is 6.42 Å². The summed E-state index contributed by atoms with van der Waals surface area (Å²) in [6, 6.07) is 17.2. The third kappa shape index (κ3) is 2.86. The Morgan fingerprint density at radius 1 is 1.05 bits per heavy atom. The Bertz CT molecular complexity index is 757. The van der Waals surface area contributed by atoms with E-state index in [1.807, 2.05) is 7.05 Å². The molecule has 0 aliphatic heterocycles. The standard InChI is InChI=1S/C19H21NO/c1-13-8-9-18-16(10-13)12-19(21-18)17(20-3)11-15-7-5-4-6-14(15)2/h4-10,12,17,20H,11H2,1-3H3. The van der Waals surface area contributed by atoms with Gasteiger partial charge in [0.15, 0.2) is 0 Å². The van der Waals surface area contributed by atoms with Crippen molar-refractivity contribution in [1.82, 2.24) is 5.32 Å². The number of furan rings is 1. The molecular weight excluding hydrogens is 258 g/mol. The summed E-state index contributed by atoms with van der Waals surface area (Å²) >= 11 is 0. The molecule has 0 fully saturated rings. The van der Waals surface area contributed by atoms with Gasteiger partial charge in [-0.25, -0.2) is 0 Å². The number of likely N-dealkylation sites (N-methyl/N-ethyl adjacent to an activating group) is 1. The van der Waals surface area contributed by atoms with Crippen LogP contribution in [0.5, 0.6) is 0 Å². The van der Waals surface area contributed by atoms with E-state index in [1.54, 1.807) is 0 Å². The number of nitrogens with one attached hydrogen (secondary N) is 1. The van der Waals surface area contributed by atoms with Crippen LogP contribution < -0.4 is 5.32 Å². The van der Waals surface area contributed by atoms with Gasteiger partial charge in [0.25, 0.3) is 0 Å². The summed E-state index contributed by atoms with van der Waals surface area (Å²) in [7, 11) is 1.99. The molecule has 0 saturated heterocycles. The summed E-state index contributed by atoms with van der Waals surface area (Å²) in [5.74, 6) is 1.00. The molecular formula is C19H21NO. The Morgan fingerprint density at radius 3 is 2.62 bits per heavy atom. The Balaban J connectivity index is 1.93. The van der Waals surface area contributed by atoms with Crippen LogP contribution in [0, 0.1) is 13.8 Å². The molecule has 0 amide bonds. The lowest BCUT2D eigenvalue weighted by atomic mass is 9.99. The summed E-state index contributed by atoms with van der Waals surface area (Å²) < 4.78 is 6.03. The summed E-state index contributed by atoms with van der Waals surface area (Å²) in [5.41, 5.74) is 4.90. The van der Waals surface area contributed by atoms with Gasteiger partial charge in [-0.05, 0) is 56.6 Å². The van der Waals surface area contributed by atoms with E-state index >= 15 is 0 Å². The van der Waals surface area contributed by atoms with Crippen molar-refractivity contribution in [3.8, 4) is 0 Å². The first-order valence-electron chi connectivity index (χ1n) is 7.39. The van der Waals surface area contributed by atoms with Crippen LogP contribution in [0.25, 0.3) is 11.0 Å². The van der Waals surface area contributed by atoms with E-state index in [2.05, 4.69) is 67.7 Å². The van der Waals surface area contributed by atoms with Crippen LogP contribution in [0.2, 0.25) is 0 Å². The minimum Gasteiger partial charge on any atom is -0.459 e. The van der Waals surface area contributed by atoms with Crippen LogP contribution in [-0.4, -0.2) is 7.05 Å². The van der Waals surface area contributed by atoms with E-state index in [0.29, 0.717) is 0 Å². The number of benzene rings is 2. The second kappa shape index (κ2) is 5.74. The maximum Gasteiger partial charge on any atom is 0.134 e. The first-order chi connectivity index (χ1) is 10.2. The summed E-state index contributed by atoms with van der Waals surface area (Å²) in [6.45, 7) is 4.26. The molecule has 2 heteroatoms. The van der Waals surface area contributed by atoms with Gasteiger partial charge < -0.3 is 9.73 Å². The molecule has 3 rings (SSSR count). The normalized spacial score (nSPS) is 12.7. The highest BCUT2D eigenvalue weighted by molar-refractivity contribution is 5.78. The van der Waals surface area contributed by atoms with Crippen molar-refractivity contribution < 1.29 is 4.42 Å². The first kappa shape index (κ1) is 13.9. The van der Waals surface area contributed by atoms with Gasteiger partial charge in [0, 0.05) is 5.39 Å². The van der Waals surface area contributed by atoms with Crippen molar-refractivity contribution in [2.45, 2.75) is 26.3 Å². The highest BCUT2D eigenvalue weighted by Crippen LogP contribution is 2.27. The highest BCUT2D eigenvalue weighted by atomic mass is 16.3. The van der Waals surface area contributed by atoms with Crippen LogP contribution >= 0.6 is 0 Å².